The van der Waals surface area contributed by atoms with Crippen molar-refractivity contribution in [3.05, 3.63) is 46.2 Å². The van der Waals surface area contributed by atoms with Crippen molar-refractivity contribution in [1.82, 2.24) is 14.9 Å². The van der Waals surface area contributed by atoms with Crippen LogP contribution in [0.4, 0.5) is 11.6 Å². The first kappa shape index (κ1) is 12.7. The molecular weight excluding hydrogens is 324 g/mol. The average molecular weight is 333 g/mol. The molecule has 1 aromatic heterocycles. The maximum absolute atomic E-state index is 11.9. The van der Waals surface area contributed by atoms with Crippen molar-refractivity contribution < 1.29 is 9.59 Å². The van der Waals surface area contributed by atoms with Gasteiger partial charge >= 0.3 is 0 Å². The van der Waals surface area contributed by atoms with Gasteiger partial charge in [-0.2, -0.15) is 0 Å². The molecule has 0 saturated carbocycles. The molecule has 100 valence electrons. The molecule has 6 nitrogen and oxygen atoms in total. The Morgan fingerprint density at radius 1 is 1.10 bits per heavy atom. The summed E-state index contributed by atoms with van der Waals surface area (Å²) in [6.45, 7) is 0. The van der Waals surface area contributed by atoms with E-state index < -0.39 is 0 Å². The van der Waals surface area contributed by atoms with E-state index in [-0.39, 0.29) is 11.8 Å². The Morgan fingerprint density at radius 3 is 2.45 bits per heavy atom. The third-order valence-corrected chi connectivity index (χ3v) is 3.38. The molecular formula is C13H9BrN4O2. The van der Waals surface area contributed by atoms with Gasteiger partial charge in [0.2, 0.25) is 5.95 Å². The van der Waals surface area contributed by atoms with Gasteiger partial charge in [-0.1, -0.05) is 0 Å². The van der Waals surface area contributed by atoms with Gasteiger partial charge in [-0.3, -0.25) is 14.5 Å². The molecule has 0 saturated heterocycles. The van der Waals surface area contributed by atoms with Crippen molar-refractivity contribution in [2.75, 3.05) is 12.4 Å². The number of anilines is 2. The van der Waals surface area contributed by atoms with Gasteiger partial charge in [-0.15, -0.1) is 0 Å². The van der Waals surface area contributed by atoms with Crippen molar-refractivity contribution >= 4 is 39.4 Å². The van der Waals surface area contributed by atoms with Crippen LogP contribution in [0.15, 0.2) is 35.1 Å². The molecule has 0 spiro atoms. The molecule has 0 aliphatic carbocycles. The number of hydrogen-bond donors (Lipinski definition) is 1. The fourth-order valence-electron chi connectivity index (χ4n) is 1.94. The Bertz CT molecular complexity index is 715. The molecule has 1 aromatic carbocycles. The van der Waals surface area contributed by atoms with Gasteiger partial charge in [0, 0.05) is 25.1 Å². The number of aromatic nitrogens is 2. The number of carbonyl (C=O) groups is 2. The predicted molar refractivity (Wildman–Crippen MR) is 75.9 cm³/mol. The molecule has 0 atom stereocenters. The summed E-state index contributed by atoms with van der Waals surface area (Å²) in [5.41, 5.74) is 1.46. The van der Waals surface area contributed by atoms with Crippen molar-refractivity contribution in [2.45, 2.75) is 0 Å². The van der Waals surface area contributed by atoms with E-state index in [0.29, 0.717) is 22.8 Å². The second kappa shape index (κ2) is 4.68. The molecule has 2 heterocycles. The number of nitrogens with zero attached hydrogens (tertiary/aromatic N) is 3. The van der Waals surface area contributed by atoms with Crippen molar-refractivity contribution in [3.8, 4) is 0 Å². The number of halogens is 1. The minimum atomic E-state index is -0.301. The summed E-state index contributed by atoms with van der Waals surface area (Å²) in [5, 5.41) is 2.99. The molecule has 0 radical (unpaired) electrons. The smallest absolute Gasteiger partial charge is 0.261 e. The molecule has 3 rings (SSSR count). The molecule has 2 aromatic rings. The molecule has 1 N–H and O–H groups in total. The maximum Gasteiger partial charge on any atom is 0.261 e. The average Bonchev–Trinajstić information content (AvgIpc) is 2.66. The highest BCUT2D eigenvalue weighted by Crippen LogP contribution is 2.25. The third-order valence-electron chi connectivity index (χ3n) is 2.97. The zero-order valence-electron chi connectivity index (χ0n) is 10.4. The van der Waals surface area contributed by atoms with E-state index in [1.807, 2.05) is 0 Å². The van der Waals surface area contributed by atoms with Crippen LogP contribution in [0.5, 0.6) is 0 Å². The Labute approximate surface area is 123 Å². The summed E-state index contributed by atoms with van der Waals surface area (Å²) in [6.07, 6.45) is 3.23. The zero-order valence-corrected chi connectivity index (χ0v) is 12.0. The van der Waals surface area contributed by atoms with Gasteiger partial charge in [0.15, 0.2) is 0 Å². The summed E-state index contributed by atoms with van der Waals surface area (Å²) < 4.78 is 0.777. The first-order valence-electron chi connectivity index (χ1n) is 5.77. The highest BCUT2D eigenvalue weighted by atomic mass is 79.9. The summed E-state index contributed by atoms with van der Waals surface area (Å²) in [6, 6.07) is 4.97. The molecule has 20 heavy (non-hydrogen) atoms. The number of carbonyl (C=O) groups excluding carboxylic acids is 2. The van der Waals surface area contributed by atoms with Gasteiger partial charge in [0.25, 0.3) is 11.8 Å². The Kier molecular flexibility index (Phi) is 2.98. The quantitative estimate of drug-likeness (QED) is 0.853. The molecule has 0 unspecified atom stereocenters. The second-order valence-electron chi connectivity index (χ2n) is 4.28. The maximum atomic E-state index is 11.9. The van der Waals surface area contributed by atoms with E-state index >= 15 is 0 Å². The normalized spacial score (nSPS) is 13.6. The lowest BCUT2D eigenvalue weighted by atomic mass is 10.1. The van der Waals surface area contributed by atoms with Crippen LogP contribution in [0.1, 0.15) is 20.7 Å². The van der Waals surface area contributed by atoms with Crippen LogP contribution >= 0.6 is 15.9 Å². The van der Waals surface area contributed by atoms with Gasteiger partial charge in [-0.25, -0.2) is 9.97 Å². The predicted octanol–water partition coefficient (Wildman–Crippen LogP) is 2.21. The van der Waals surface area contributed by atoms with Gasteiger partial charge in [0.05, 0.1) is 15.6 Å². The van der Waals surface area contributed by atoms with Crippen LogP contribution in [-0.4, -0.2) is 33.7 Å². The number of benzene rings is 1. The largest absolute Gasteiger partial charge is 0.324 e. The van der Waals surface area contributed by atoms with Crippen molar-refractivity contribution in [2.24, 2.45) is 0 Å². The molecule has 7 heteroatoms. The minimum Gasteiger partial charge on any atom is -0.324 e. The lowest BCUT2D eigenvalue weighted by Crippen LogP contribution is -2.24. The number of fused-ring (bicyclic) bond motifs is 1. The van der Waals surface area contributed by atoms with Crippen LogP contribution in [0, 0.1) is 0 Å². The first-order valence-corrected chi connectivity index (χ1v) is 6.56. The lowest BCUT2D eigenvalue weighted by molar-refractivity contribution is 0.0693. The van der Waals surface area contributed by atoms with Crippen molar-refractivity contribution in [1.29, 1.82) is 0 Å². The standard InChI is InChI=1S/C13H9BrN4O2/c1-18-11(19)9-3-2-8(4-10(9)12(18)20)17-13-15-5-7(14)6-16-13/h2-6H,1H3,(H,15,16,17). The monoisotopic (exact) mass is 332 g/mol. The van der Waals surface area contributed by atoms with E-state index in [1.165, 1.54) is 7.05 Å². The van der Waals surface area contributed by atoms with E-state index in [2.05, 4.69) is 31.2 Å². The highest BCUT2D eigenvalue weighted by Gasteiger charge is 2.32. The van der Waals surface area contributed by atoms with Crippen LogP contribution in [-0.2, 0) is 0 Å². The zero-order chi connectivity index (χ0) is 14.3. The van der Waals surface area contributed by atoms with E-state index in [1.54, 1.807) is 30.6 Å². The van der Waals surface area contributed by atoms with Crippen LogP contribution < -0.4 is 5.32 Å². The number of rotatable bonds is 2. The number of amides is 2. The second-order valence-corrected chi connectivity index (χ2v) is 5.20. The summed E-state index contributed by atoms with van der Waals surface area (Å²) in [5.74, 6) is -0.167. The SMILES string of the molecule is CN1C(=O)c2ccc(Nc3ncc(Br)cn3)cc2C1=O. The van der Waals surface area contributed by atoms with Gasteiger partial charge < -0.3 is 5.32 Å². The number of nitrogens with one attached hydrogen (secondary N) is 1. The lowest BCUT2D eigenvalue weighted by Gasteiger charge is -2.05. The van der Waals surface area contributed by atoms with Crippen LogP contribution in [0.2, 0.25) is 0 Å². The molecule has 2 amide bonds. The minimum absolute atomic E-state index is 0.281. The highest BCUT2D eigenvalue weighted by molar-refractivity contribution is 9.10. The third kappa shape index (κ3) is 2.05. The molecule has 1 aliphatic heterocycles. The summed E-state index contributed by atoms with van der Waals surface area (Å²) in [4.78, 5) is 32.9. The first-order chi connectivity index (χ1) is 9.56. The van der Waals surface area contributed by atoms with E-state index in [9.17, 15) is 9.59 Å². The molecule has 1 aliphatic rings. The van der Waals surface area contributed by atoms with E-state index in [0.717, 1.165) is 9.37 Å². The number of imide groups is 1. The van der Waals surface area contributed by atoms with Crippen LogP contribution in [0.3, 0.4) is 0 Å². The summed E-state index contributed by atoms with van der Waals surface area (Å²) in [7, 11) is 1.47. The Hall–Kier alpha value is -2.28. The summed E-state index contributed by atoms with van der Waals surface area (Å²) >= 11 is 3.25. The van der Waals surface area contributed by atoms with Crippen LogP contribution in [0.25, 0.3) is 0 Å². The topological polar surface area (TPSA) is 75.2 Å². The fraction of sp³-hybridized carbons (Fsp3) is 0.0769. The fourth-order valence-corrected chi connectivity index (χ4v) is 2.15. The number of hydrogen-bond acceptors (Lipinski definition) is 5. The van der Waals surface area contributed by atoms with Gasteiger partial charge in [-0.05, 0) is 34.1 Å². The molecule has 0 bridgehead atoms. The Balaban J connectivity index is 1.92. The Morgan fingerprint density at radius 2 is 1.75 bits per heavy atom. The molecule has 0 fully saturated rings. The van der Waals surface area contributed by atoms with E-state index in [4.69, 9.17) is 0 Å². The van der Waals surface area contributed by atoms with Gasteiger partial charge in [0.1, 0.15) is 0 Å². The van der Waals surface area contributed by atoms with Crippen molar-refractivity contribution in [3.63, 3.8) is 0 Å².